The van der Waals surface area contributed by atoms with Gasteiger partial charge in [-0.15, -0.1) is 0 Å². The Morgan fingerprint density at radius 1 is 1.00 bits per heavy atom. The topological polar surface area (TPSA) is 97.6 Å². The van der Waals surface area contributed by atoms with Crippen LogP contribution in [0.15, 0.2) is 83.8 Å². The Balaban J connectivity index is 1.95. The number of sulfonamides is 1. The number of carbonyl (C=O) groups is 1. The van der Waals surface area contributed by atoms with Crippen molar-refractivity contribution in [2.24, 2.45) is 5.92 Å². The van der Waals surface area contributed by atoms with E-state index in [1.54, 1.807) is 80.6 Å². The highest BCUT2D eigenvalue weighted by molar-refractivity contribution is 7.92. The second kappa shape index (κ2) is 9.50. The number of para-hydroxylation sites is 1. The van der Waals surface area contributed by atoms with E-state index in [4.69, 9.17) is 0 Å². The van der Waals surface area contributed by atoms with Gasteiger partial charge in [0.2, 0.25) is 5.54 Å². The normalized spacial score (nSPS) is 21.8. The number of rotatable bonds is 7. The summed E-state index contributed by atoms with van der Waals surface area (Å²) in [4.78, 5) is 25.8. The molecule has 1 aliphatic rings. The van der Waals surface area contributed by atoms with Crippen molar-refractivity contribution < 1.29 is 18.1 Å². The van der Waals surface area contributed by atoms with Crippen molar-refractivity contribution in [3.8, 4) is 0 Å². The number of hydrogen-bond donors (Lipinski definition) is 0. The molecule has 0 aromatic heterocycles. The number of nitro groups is 1. The lowest BCUT2D eigenvalue weighted by Crippen LogP contribution is -2.65. The molecule has 0 saturated carbocycles. The molecule has 1 aliphatic heterocycles. The zero-order chi connectivity index (χ0) is 26.3. The third-order valence-electron chi connectivity index (χ3n) is 7.19. The van der Waals surface area contributed by atoms with Crippen molar-refractivity contribution in [2.75, 3.05) is 4.31 Å². The maximum absolute atomic E-state index is 14.1. The van der Waals surface area contributed by atoms with Crippen LogP contribution in [0.2, 0.25) is 0 Å². The molecule has 3 aromatic rings. The molecule has 0 N–H and O–H groups in total. The third kappa shape index (κ3) is 4.19. The van der Waals surface area contributed by atoms with Gasteiger partial charge in [0.15, 0.2) is 5.78 Å². The van der Waals surface area contributed by atoms with Gasteiger partial charge in [-0.05, 0) is 36.6 Å². The number of hydrogen-bond acceptors (Lipinski definition) is 5. The van der Waals surface area contributed by atoms with Crippen molar-refractivity contribution in [3.63, 3.8) is 0 Å². The molecule has 1 heterocycles. The summed E-state index contributed by atoms with van der Waals surface area (Å²) in [6.45, 7) is 6.91. The van der Waals surface area contributed by atoms with Crippen molar-refractivity contribution in [3.05, 3.63) is 106 Å². The predicted octanol–water partition coefficient (Wildman–Crippen LogP) is 5.62. The zero-order valence-electron chi connectivity index (χ0n) is 20.8. The summed E-state index contributed by atoms with van der Waals surface area (Å²) in [7, 11) is -4.15. The highest BCUT2D eigenvalue weighted by Gasteiger charge is 2.62. The Morgan fingerprint density at radius 3 is 2.17 bits per heavy atom. The highest BCUT2D eigenvalue weighted by atomic mass is 32.2. The standard InChI is InChI=1S/C28H30N2O5S/c1-19(2)27-28(4,30(32)33)24(18-26(31)21-10-6-5-7-11-21)23-12-8-9-13-25(23)29(27)36(34,35)22-16-14-20(3)15-17-22/h5-17,19,24,27H,18H2,1-4H3/t24-,27-,28+/m1/s1. The molecule has 3 aromatic carbocycles. The van der Waals surface area contributed by atoms with Gasteiger partial charge in [-0.3, -0.25) is 19.2 Å². The number of carbonyl (C=O) groups excluding carboxylic acids is 1. The van der Waals surface area contributed by atoms with Gasteiger partial charge in [0, 0.05) is 23.8 Å². The van der Waals surface area contributed by atoms with E-state index in [2.05, 4.69) is 0 Å². The maximum Gasteiger partial charge on any atom is 0.264 e. The van der Waals surface area contributed by atoms with E-state index in [-0.39, 0.29) is 17.1 Å². The summed E-state index contributed by atoms with van der Waals surface area (Å²) in [5.74, 6) is -1.46. The minimum atomic E-state index is -4.15. The van der Waals surface area contributed by atoms with Crippen LogP contribution in [0.5, 0.6) is 0 Å². The number of aryl methyl sites for hydroxylation is 1. The van der Waals surface area contributed by atoms with Gasteiger partial charge in [-0.25, -0.2) is 8.42 Å². The van der Waals surface area contributed by atoms with Crippen LogP contribution in [0.25, 0.3) is 0 Å². The summed E-state index contributed by atoms with van der Waals surface area (Å²) in [6, 6.07) is 21.0. The molecule has 0 spiro atoms. The van der Waals surface area contributed by atoms with Crippen LogP contribution in [0.4, 0.5) is 5.69 Å². The SMILES string of the molecule is Cc1ccc(S(=O)(=O)N2c3ccccc3[C@@H](CC(=O)c3ccccc3)[C@](C)([N+](=O)[O-])[C@H]2C(C)C)cc1. The second-order valence-corrected chi connectivity index (χ2v) is 11.7. The van der Waals surface area contributed by atoms with E-state index in [0.717, 1.165) is 5.56 Å². The van der Waals surface area contributed by atoms with E-state index >= 15 is 0 Å². The number of Topliss-reactive ketones (excluding diaryl/α,β-unsaturated/α-hetero) is 1. The predicted molar refractivity (Wildman–Crippen MR) is 139 cm³/mol. The van der Waals surface area contributed by atoms with Crippen molar-refractivity contribution in [2.45, 2.75) is 56.5 Å². The summed E-state index contributed by atoms with van der Waals surface area (Å²) in [5, 5.41) is 12.9. The summed E-state index contributed by atoms with van der Waals surface area (Å²) < 4.78 is 29.4. The Hall–Kier alpha value is -3.52. The van der Waals surface area contributed by atoms with Gasteiger partial charge < -0.3 is 0 Å². The molecular formula is C28H30N2O5S. The first-order chi connectivity index (χ1) is 17.0. The Kier molecular flexibility index (Phi) is 6.75. The minimum absolute atomic E-state index is 0.0677. The lowest BCUT2D eigenvalue weighted by atomic mass is 9.67. The molecule has 0 radical (unpaired) electrons. The molecule has 0 unspecified atom stereocenters. The quantitative estimate of drug-likeness (QED) is 0.235. The van der Waals surface area contributed by atoms with E-state index in [1.165, 1.54) is 23.4 Å². The fraction of sp³-hybridized carbons (Fsp3) is 0.321. The van der Waals surface area contributed by atoms with Gasteiger partial charge >= 0.3 is 0 Å². The van der Waals surface area contributed by atoms with E-state index in [9.17, 15) is 23.3 Å². The first kappa shape index (κ1) is 25.6. The monoisotopic (exact) mass is 506 g/mol. The molecule has 0 saturated heterocycles. The van der Waals surface area contributed by atoms with Gasteiger partial charge in [0.1, 0.15) is 6.04 Å². The zero-order valence-corrected chi connectivity index (χ0v) is 21.6. The van der Waals surface area contributed by atoms with Gasteiger partial charge in [0.25, 0.3) is 10.0 Å². The number of nitrogens with zero attached hydrogens (tertiary/aromatic N) is 2. The average molecular weight is 507 g/mol. The molecule has 0 fully saturated rings. The molecular weight excluding hydrogens is 476 g/mol. The van der Waals surface area contributed by atoms with Crippen LogP contribution < -0.4 is 4.31 Å². The Morgan fingerprint density at radius 2 is 1.58 bits per heavy atom. The van der Waals surface area contributed by atoms with Crippen LogP contribution in [0.3, 0.4) is 0 Å². The van der Waals surface area contributed by atoms with Gasteiger partial charge in [-0.2, -0.15) is 0 Å². The molecule has 0 bridgehead atoms. The van der Waals surface area contributed by atoms with E-state index in [0.29, 0.717) is 16.8 Å². The van der Waals surface area contributed by atoms with E-state index < -0.39 is 38.4 Å². The lowest BCUT2D eigenvalue weighted by molar-refractivity contribution is -0.575. The van der Waals surface area contributed by atoms with Crippen molar-refractivity contribution in [1.29, 1.82) is 0 Å². The maximum atomic E-state index is 14.1. The highest BCUT2D eigenvalue weighted by Crippen LogP contribution is 2.51. The molecule has 3 atom stereocenters. The number of benzene rings is 3. The Bertz CT molecular complexity index is 1390. The van der Waals surface area contributed by atoms with Crippen LogP contribution in [0.1, 0.15) is 54.6 Å². The fourth-order valence-electron chi connectivity index (χ4n) is 5.42. The van der Waals surface area contributed by atoms with Crippen LogP contribution in [0, 0.1) is 23.0 Å². The molecule has 4 rings (SSSR count). The summed E-state index contributed by atoms with van der Waals surface area (Å²) in [5.41, 5.74) is 0.472. The largest absolute Gasteiger partial charge is 0.294 e. The molecule has 36 heavy (non-hydrogen) atoms. The molecule has 7 nitrogen and oxygen atoms in total. The smallest absolute Gasteiger partial charge is 0.264 e. The van der Waals surface area contributed by atoms with Crippen LogP contribution in [-0.4, -0.2) is 30.7 Å². The number of fused-ring (bicyclic) bond motifs is 1. The molecule has 0 aliphatic carbocycles. The van der Waals surface area contributed by atoms with E-state index in [1.807, 2.05) is 6.92 Å². The third-order valence-corrected chi connectivity index (χ3v) is 9.00. The van der Waals surface area contributed by atoms with Crippen LogP contribution in [-0.2, 0) is 10.0 Å². The van der Waals surface area contributed by atoms with Gasteiger partial charge in [0.05, 0.1) is 16.5 Å². The first-order valence-electron chi connectivity index (χ1n) is 11.9. The average Bonchev–Trinajstić information content (AvgIpc) is 2.85. The molecule has 8 heteroatoms. The number of ketones is 1. The number of anilines is 1. The fourth-order valence-corrected chi connectivity index (χ4v) is 7.31. The van der Waals surface area contributed by atoms with Crippen LogP contribution >= 0.6 is 0 Å². The minimum Gasteiger partial charge on any atom is -0.294 e. The Labute approximate surface area is 212 Å². The molecule has 188 valence electrons. The van der Waals surface area contributed by atoms with Crippen molar-refractivity contribution in [1.82, 2.24) is 0 Å². The summed E-state index contributed by atoms with van der Waals surface area (Å²) >= 11 is 0. The lowest BCUT2D eigenvalue weighted by Gasteiger charge is -2.49. The second-order valence-electron chi connectivity index (χ2n) is 9.89. The first-order valence-corrected chi connectivity index (χ1v) is 13.4. The van der Waals surface area contributed by atoms with Crippen molar-refractivity contribution >= 4 is 21.5 Å². The van der Waals surface area contributed by atoms with Gasteiger partial charge in [-0.1, -0.05) is 80.1 Å². The molecule has 0 amide bonds. The summed E-state index contributed by atoms with van der Waals surface area (Å²) in [6.07, 6.45) is -0.111.